The molecule has 170 valence electrons. The summed E-state index contributed by atoms with van der Waals surface area (Å²) in [5, 5.41) is 0.999. The molecule has 0 saturated carbocycles. The first-order valence-corrected chi connectivity index (χ1v) is 12.4. The lowest BCUT2D eigenvalue weighted by Crippen LogP contribution is -2.54. The average Bonchev–Trinajstić information content (AvgIpc) is 3.42. The topological polar surface area (TPSA) is 32.8 Å². The van der Waals surface area contributed by atoms with E-state index in [1.807, 2.05) is 18.0 Å². The summed E-state index contributed by atoms with van der Waals surface area (Å²) in [5.74, 6) is 0.108. The van der Waals surface area contributed by atoms with Gasteiger partial charge in [0.05, 0.1) is 22.5 Å². The molecule has 0 N–H and O–H groups in total. The van der Waals surface area contributed by atoms with Gasteiger partial charge in [-0.3, -0.25) is 9.69 Å². The van der Waals surface area contributed by atoms with Gasteiger partial charge >= 0.3 is 0 Å². The number of amides is 1. The fourth-order valence-corrected chi connectivity index (χ4v) is 6.55. The van der Waals surface area contributed by atoms with Crippen molar-refractivity contribution >= 4 is 29.1 Å². The second kappa shape index (κ2) is 8.98. The summed E-state index contributed by atoms with van der Waals surface area (Å²) < 4.78 is 5.80. The summed E-state index contributed by atoms with van der Waals surface area (Å²) in [6.07, 6.45) is 4.79. The number of benzene rings is 2. The molecule has 0 bridgehead atoms. The van der Waals surface area contributed by atoms with Gasteiger partial charge in [0.2, 0.25) is 5.91 Å². The number of rotatable bonds is 4. The van der Waals surface area contributed by atoms with Gasteiger partial charge in [-0.25, -0.2) is 0 Å². The summed E-state index contributed by atoms with van der Waals surface area (Å²) in [5.41, 5.74) is 3.65. The molecule has 2 aromatic rings. The number of halogens is 2. The van der Waals surface area contributed by atoms with E-state index in [1.54, 1.807) is 12.1 Å². The monoisotopic (exact) mass is 472 g/mol. The molecule has 2 aliphatic heterocycles. The van der Waals surface area contributed by atoms with Crippen molar-refractivity contribution in [1.29, 1.82) is 0 Å². The van der Waals surface area contributed by atoms with Gasteiger partial charge < -0.3 is 9.64 Å². The van der Waals surface area contributed by atoms with Crippen molar-refractivity contribution in [2.75, 3.05) is 33.4 Å². The Morgan fingerprint density at radius 2 is 1.81 bits per heavy atom. The molecule has 0 aromatic heterocycles. The number of nitrogens with zero attached hydrogens (tertiary/aromatic N) is 2. The zero-order valence-electron chi connectivity index (χ0n) is 18.5. The maximum atomic E-state index is 13.5. The highest BCUT2D eigenvalue weighted by atomic mass is 35.5. The van der Waals surface area contributed by atoms with Crippen molar-refractivity contribution in [3.63, 3.8) is 0 Å². The lowest BCUT2D eigenvalue weighted by molar-refractivity contribution is -0.133. The fourth-order valence-electron chi connectivity index (χ4n) is 6.23. The van der Waals surface area contributed by atoms with Gasteiger partial charge in [0, 0.05) is 31.7 Å². The largest absolute Gasteiger partial charge is 0.381 e. The smallest absolute Gasteiger partial charge is 0.227 e. The summed E-state index contributed by atoms with van der Waals surface area (Å²) in [7, 11) is 1.97. The first-order valence-electron chi connectivity index (χ1n) is 11.6. The first-order chi connectivity index (χ1) is 15.5. The van der Waals surface area contributed by atoms with Crippen LogP contribution in [0, 0.1) is 0 Å². The number of fused-ring (bicyclic) bond motifs is 2. The van der Waals surface area contributed by atoms with Gasteiger partial charge in [-0.1, -0.05) is 53.5 Å². The molecule has 0 unspecified atom stereocenters. The molecule has 1 aliphatic carbocycles. The SMILES string of the molecule is CN(C(=O)Cc1ccc(Cl)c(Cl)c1)[C@H]1c2ccccc2C2(CCOCC2)[C@@H]1N1CCCC1. The molecule has 5 rings (SSSR count). The van der Waals surface area contributed by atoms with Gasteiger partial charge in [0.1, 0.15) is 0 Å². The minimum absolute atomic E-state index is 0.0395. The van der Waals surface area contributed by atoms with Crippen LogP contribution in [0.15, 0.2) is 42.5 Å². The summed E-state index contributed by atoms with van der Waals surface area (Å²) in [4.78, 5) is 18.2. The molecule has 4 nitrogen and oxygen atoms in total. The summed E-state index contributed by atoms with van der Waals surface area (Å²) in [6.45, 7) is 3.78. The van der Waals surface area contributed by atoms with Crippen molar-refractivity contribution < 1.29 is 9.53 Å². The third-order valence-electron chi connectivity index (χ3n) is 7.75. The van der Waals surface area contributed by atoms with Crippen LogP contribution in [-0.4, -0.2) is 55.1 Å². The quantitative estimate of drug-likeness (QED) is 0.607. The number of carbonyl (C=O) groups excluding carboxylic acids is 1. The Balaban J connectivity index is 1.51. The van der Waals surface area contributed by atoms with Crippen molar-refractivity contribution in [1.82, 2.24) is 9.80 Å². The Morgan fingerprint density at radius 3 is 2.53 bits per heavy atom. The van der Waals surface area contributed by atoms with E-state index in [-0.39, 0.29) is 23.4 Å². The van der Waals surface area contributed by atoms with Crippen LogP contribution in [0.1, 0.15) is 48.4 Å². The third-order valence-corrected chi connectivity index (χ3v) is 8.49. The molecule has 0 radical (unpaired) electrons. The lowest BCUT2D eigenvalue weighted by atomic mass is 9.71. The highest BCUT2D eigenvalue weighted by molar-refractivity contribution is 6.42. The molecule has 1 amide bonds. The number of hydrogen-bond acceptors (Lipinski definition) is 3. The van der Waals surface area contributed by atoms with Crippen molar-refractivity contribution in [3.05, 3.63) is 69.2 Å². The zero-order chi connectivity index (χ0) is 22.3. The minimum Gasteiger partial charge on any atom is -0.381 e. The number of likely N-dealkylation sites (N-methyl/N-ethyl adjacent to an activating group) is 1. The number of carbonyl (C=O) groups is 1. The molecule has 6 heteroatoms. The normalized spacial score (nSPS) is 24.6. The standard InChI is InChI=1S/C26H30Cl2N2O2/c1-29(23(31)17-18-8-9-21(27)22(28)16-18)24-19-6-2-3-7-20(19)26(10-14-32-15-11-26)25(24)30-12-4-5-13-30/h2-3,6-9,16,24-25H,4-5,10-15,17H2,1H3/t24-,25+/m0/s1. The van der Waals surface area contributed by atoms with E-state index in [2.05, 4.69) is 29.2 Å². The maximum absolute atomic E-state index is 13.5. The van der Waals surface area contributed by atoms with Crippen LogP contribution in [0.2, 0.25) is 10.0 Å². The third kappa shape index (κ3) is 3.75. The molecule has 1 spiro atoms. The van der Waals surface area contributed by atoms with Gasteiger partial charge in [0.15, 0.2) is 0 Å². The predicted molar refractivity (Wildman–Crippen MR) is 128 cm³/mol. The Hall–Kier alpha value is -1.59. The van der Waals surface area contributed by atoms with E-state index in [4.69, 9.17) is 27.9 Å². The van der Waals surface area contributed by atoms with Crippen molar-refractivity contribution in [3.8, 4) is 0 Å². The fraction of sp³-hybridized carbons (Fsp3) is 0.500. The van der Waals surface area contributed by atoms with Crippen LogP contribution in [0.4, 0.5) is 0 Å². The Kier molecular flexibility index (Phi) is 6.23. The summed E-state index contributed by atoms with van der Waals surface area (Å²) in [6, 6.07) is 14.6. The number of likely N-dealkylation sites (tertiary alicyclic amines) is 1. The second-order valence-electron chi connectivity index (χ2n) is 9.42. The zero-order valence-corrected chi connectivity index (χ0v) is 20.0. The Bertz CT molecular complexity index is 999. The Morgan fingerprint density at radius 1 is 1.09 bits per heavy atom. The molecular weight excluding hydrogens is 443 g/mol. The van der Waals surface area contributed by atoms with Crippen LogP contribution in [-0.2, 0) is 21.4 Å². The van der Waals surface area contributed by atoms with Crippen LogP contribution in [0.25, 0.3) is 0 Å². The average molecular weight is 473 g/mol. The van der Waals surface area contributed by atoms with E-state index in [0.29, 0.717) is 16.5 Å². The van der Waals surface area contributed by atoms with Gasteiger partial charge in [0.25, 0.3) is 0 Å². The maximum Gasteiger partial charge on any atom is 0.227 e. The number of ether oxygens (including phenoxy) is 1. The molecule has 2 saturated heterocycles. The van der Waals surface area contributed by atoms with E-state index in [0.717, 1.165) is 44.7 Å². The van der Waals surface area contributed by atoms with Crippen LogP contribution in [0.3, 0.4) is 0 Å². The van der Waals surface area contributed by atoms with Gasteiger partial charge in [-0.05, 0) is 67.6 Å². The molecule has 2 atom stereocenters. The lowest BCUT2D eigenvalue weighted by Gasteiger charge is -2.47. The summed E-state index contributed by atoms with van der Waals surface area (Å²) >= 11 is 12.3. The molecule has 3 aliphatic rings. The van der Waals surface area contributed by atoms with E-state index in [9.17, 15) is 4.79 Å². The van der Waals surface area contributed by atoms with Crippen molar-refractivity contribution in [2.45, 2.75) is 49.6 Å². The van der Waals surface area contributed by atoms with E-state index >= 15 is 0 Å². The highest BCUT2D eigenvalue weighted by Crippen LogP contribution is 2.55. The molecule has 2 aromatic carbocycles. The molecule has 2 fully saturated rings. The molecule has 2 heterocycles. The second-order valence-corrected chi connectivity index (χ2v) is 10.2. The van der Waals surface area contributed by atoms with Crippen LogP contribution < -0.4 is 0 Å². The van der Waals surface area contributed by atoms with Gasteiger partial charge in [-0.2, -0.15) is 0 Å². The predicted octanol–water partition coefficient (Wildman–Crippen LogP) is 5.26. The molecular formula is C26H30Cl2N2O2. The number of hydrogen-bond donors (Lipinski definition) is 0. The minimum atomic E-state index is 0.0395. The first kappa shape index (κ1) is 22.2. The van der Waals surface area contributed by atoms with E-state index in [1.165, 1.54) is 24.0 Å². The Labute approximate surface area is 200 Å². The van der Waals surface area contributed by atoms with Crippen molar-refractivity contribution in [2.24, 2.45) is 0 Å². The van der Waals surface area contributed by atoms with Crippen LogP contribution in [0.5, 0.6) is 0 Å². The highest BCUT2D eigenvalue weighted by Gasteiger charge is 2.56. The molecule has 32 heavy (non-hydrogen) atoms. The van der Waals surface area contributed by atoms with E-state index < -0.39 is 0 Å². The van der Waals surface area contributed by atoms with Gasteiger partial charge in [-0.15, -0.1) is 0 Å². The van der Waals surface area contributed by atoms with Crippen LogP contribution >= 0.6 is 23.2 Å².